The fourth-order valence-electron chi connectivity index (χ4n) is 1.84. The molecular formula is C15H24N3O+. The van der Waals surface area contributed by atoms with E-state index < -0.39 is 0 Å². The second-order valence-electron chi connectivity index (χ2n) is 4.79. The molecule has 0 spiro atoms. The Kier molecular flexibility index (Phi) is 6.79. The summed E-state index contributed by atoms with van der Waals surface area (Å²) in [5, 5.41) is 4.07. The van der Waals surface area contributed by atoms with Crippen molar-refractivity contribution < 1.29 is 9.36 Å². The Hall–Kier alpha value is -1.71. The van der Waals surface area contributed by atoms with Crippen LogP contribution in [0.15, 0.2) is 29.6 Å². The zero-order valence-electron chi connectivity index (χ0n) is 12.1. The number of hydrogen-bond acceptors (Lipinski definition) is 2. The summed E-state index contributed by atoms with van der Waals surface area (Å²) in [6, 6.07) is 3.62. The largest absolute Gasteiger partial charge is 0.277 e. The van der Waals surface area contributed by atoms with Gasteiger partial charge in [0.05, 0.1) is 0 Å². The molecule has 0 aliphatic rings. The van der Waals surface area contributed by atoms with Crippen LogP contribution in [0.1, 0.15) is 49.9 Å². The van der Waals surface area contributed by atoms with Crippen LogP contribution in [-0.2, 0) is 7.05 Å². The number of aromatic nitrogens is 1. The van der Waals surface area contributed by atoms with Crippen LogP contribution < -0.4 is 9.99 Å². The quantitative estimate of drug-likeness (QED) is 0.458. The lowest BCUT2D eigenvalue weighted by Gasteiger charge is -2.07. The second-order valence-corrected chi connectivity index (χ2v) is 4.79. The average Bonchev–Trinajstić information content (AvgIpc) is 2.42. The Labute approximate surface area is 115 Å². The highest BCUT2D eigenvalue weighted by Gasteiger charge is 2.08. The molecule has 1 N–H and O–H groups in total. The molecule has 1 rings (SSSR count). The van der Waals surface area contributed by atoms with E-state index in [0.717, 1.165) is 12.8 Å². The van der Waals surface area contributed by atoms with Gasteiger partial charge in [-0.1, -0.05) is 26.7 Å². The smallest absolute Gasteiger partial charge is 0.267 e. The van der Waals surface area contributed by atoms with Crippen molar-refractivity contribution in [2.75, 3.05) is 0 Å². The van der Waals surface area contributed by atoms with Crippen molar-refractivity contribution in [3.8, 4) is 0 Å². The first-order valence-electron chi connectivity index (χ1n) is 6.96. The molecule has 1 atom stereocenters. The van der Waals surface area contributed by atoms with Crippen LogP contribution >= 0.6 is 0 Å². The number of nitrogens with one attached hydrogen (secondary N) is 1. The molecule has 0 aliphatic heterocycles. The summed E-state index contributed by atoms with van der Waals surface area (Å²) < 4.78 is 1.84. The highest BCUT2D eigenvalue weighted by molar-refractivity contribution is 5.93. The van der Waals surface area contributed by atoms with E-state index in [1.807, 2.05) is 30.1 Å². The van der Waals surface area contributed by atoms with Crippen LogP contribution in [0, 0.1) is 5.92 Å². The Morgan fingerprint density at radius 1 is 1.53 bits per heavy atom. The molecule has 19 heavy (non-hydrogen) atoms. The van der Waals surface area contributed by atoms with E-state index in [-0.39, 0.29) is 5.91 Å². The van der Waals surface area contributed by atoms with Crippen molar-refractivity contribution in [1.82, 2.24) is 5.43 Å². The van der Waals surface area contributed by atoms with Gasteiger partial charge in [-0.15, -0.1) is 0 Å². The SMILES string of the molecule is CCCCC(C=NNC(=O)c1ccc[n+](C)c1)CC. The highest BCUT2D eigenvalue weighted by atomic mass is 16.2. The van der Waals surface area contributed by atoms with Crippen molar-refractivity contribution in [1.29, 1.82) is 0 Å². The predicted octanol–water partition coefficient (Wildman–Crippen LogP) is 2.44. The maximum Gasteiger partial charge on any atom is 0.277 e. The third-order valence-corrected chi connectivity index (χ3v) is 3.11. The van der Waals surface area contributed by atoms with Crippen molar-refractivity contribution in [2.45, 2.75) is 39.5 Å². The standard InChI is InChI=1S/C15H23N3O/c1-4-6-8-13(5-2)11-16-17-15(19)14-9-7-10-18(3)12-14/h7,9-13H,4-6,8H2,1-3H3/p+1. The minimum Gasteiger partial charge on any atom is -0.267 e. The van der Waals surface area contributed by atoms with Crippen molar-refractivity contribution in [3.05, 3.63) is 30.1 Å². The van der Waals surface area contributed by atoms with Crippen molar-refractivity contribution >= 4 is 12.1 Å². The fraction of sp³-hybridized carbons (Fsp3) is 0.533. The van der Waals surface area contributed by atoms with Gasteiger partial charge in [-0.05, 0) is 24.8 Å². The minimum atomic E-state index is -0.169. The maximum absolute atomic E-state index is 11.8. The summed E-state index contributed by atoms with van der Waals surface area (Å²) in [4.78, 5) is 11.8. The number of carbonyl (C=O) groups is 1. The fourth-order valence-corrected chi connectivity index (χ4v) is 1.84. The van der Waals surface area contributed by atoms with Crippen LogP contribution in [-0.4, -0.2) is 12.1 Å². The topological polar surface area (TPSA) is 45.3 Å². The number of amides is 1. The Bertz CT molecular complexity index is 429. The zero-order valence-corrected chi connectivity index (χ0v) is 12.1. The molecule has 1 aromatic heterocycles. The van der Waals surface area contributed by atoms with E-state index in [1.54, 1.807) is 12.3 Å². The minimum absolute atomic E-state index is 0.169. The number of rotatable bonds is 7. The lowest BCUT2D eigenvalue weighted by Crippen LogP contribution is -2.29. The van der Waals surface area contributed by atoms with Gasteiger partial charge in [0.15, 0.2) is 12.4 Å². The van der Waals surface area contributed by atoms with Gasteiger partial charge in [-0.3, -0.25) is 4.79 Å². The van der Waals surface area contributed by atoms with Crippen LogP contribution in [0.3, 0.4) is 0 Å². The molecule has 0 aliphatic carbocycles. The number of hydrogen-bond donors (Lipinski definition) is 1. The summed E-state index contributed by atoms with van der Waals surface area (Å²) in [6.07, 6.45) is 10.1. The van der Waals surface area contributed by atoms with Gasteiger partial charge in [0, 0.05) is 12.3 Å². The van der Waals surface area contributed by atoms with Gasteiger partial charge in [-0.2, -0.15) is 5.10 Å². The number of aryl methyl sites for hydroxylation is 1. The first-order chi connectivity index (χ1) is 9.17. The van der Waals surface area contributed by atoms with Crippen molar-refractivity contribution in [3.63, 3.8) is 0 Å². The molecule has 1 heterocycles. The summed E-state index contributed by atoms with van der Waals surface area (Å²) in [5.74, 6) is 0.282. The Morgan fingerprint density at radius 3 is 2.95 bits per heavy atom. The maximum atomic E-state index is 11.8. The number of pyridine rings is 1. The Balaban J connectivity index is 2.48. The molecule has 4 nitrogen and oxygen atoms in total. The van der Waals surface area contributed by atoms with Crippen LogP contribution in [0.4, 0.5) is 0 Å². The van der Waals surface area contributed by atoms with Gasteiger partial charge in [0.2, 0.25) is 0 Å². The molecule has 0 fully saturated rings. The van der Waals surface area contributed by atoms with Crippen molar-refractivity contribution in [2.24, 2.45) is 18.1 Å². The summed E-state index contributed by atoms with van der Waals surface area (Å²) in [7, 11) is 1.89. The Morgan fingerprint density at radius 2 is 2.32 bits per heavy atom. The molecule has 0 saturated heterocycles. The van der Waals surface area contributed by atoms with E-state index in [2.05, 4.69) is 24.4 Å². The number of hydrazone groups is 1. The summed E-state index contributed by atoms with van der Waals surface area (Å²) >= 11 is 0. The third kappa shape index (κ3) is 5.64. The predicted molar refractivity (Wildman–Crippen MR) is 76.9 cm³/mol. The van der Waals surface area contributed by atoms with Gasteiger partial charge in [-0.25, -0.2) is 9.99 Å². The third-order valence-electron chi connectivity index (χ3n) is 3.11. The number of unbranched alkanes of at least 4 members (excludes halogenated alkanes) is 1. The molecule has 0 bridgehead atoms. The molecular weight excluding hydrogens is 238 g/mol. The van der Waals surface area contributed by atoms with Crippen LogP contribution in [0.2, 0.25) is 0 Å². The first kappa shape index (κ1) is 15.3. The molecule has 1 unspecified atom stereocenters. The lowest BCUT2D eigenvalue weighted by atomic mass is 10.0. The number of nitrogens with zero attached hydrogens (tertiary/aromatic N) is 2. The molecule has 1 amide bonds. The molecule has 104 valence electrons. The van der Waals surface area contributed by atoms with E-state index >= 15 is 0 Å². The summed E-state index contributed by atoms with van der Waals surface area (Å²) in [5.41, 5.74) is 3.20. The van der Waals surface area contributed by atoms with Crippen LogP contribution in [0.5, 0.6) is 0 Å². The van der Waals surface area contributed by atoms with Gasteiger partial charge < -0.3 is 0 Å². The highest BCUT2D eigenvalue weighted by Crippen LogP contribution is 2.09. The van der Waals surface area contributed by atoms with E-state index in [0.29, 0.717) is 11.5 Å². The number of carbonyl (C=O) groups excluding carboxylic acids is 1. The second kappa shape index (κ2) is 8.40. The monoisotopic (exact) mass is 262 g/mol. The van der Waals surface area contributed by atoms with E-state index in [4.69, 9.17) is 0 Å². The van der Waals surface area contributed by atoms with Gasteiger partial charge in [0.25, 0.3) is 5.91 Å². The molecule has 0 radical (unpaired) electrons. The normalized spacial score (nSPS) is 12.6. The molecule has 0 aromatic carbocycles. The van der Waals surface area contributed by atoms with Gasteiger partial charge >= 0.3 is 0 Å². The lowest BCUT2D eigenvalue weighted by molar-refractivity contribution is -0.671. The first-order valence-corrected chi connectivity index (χ1v) is 6.96. The average molecular weight is 262 g/mol. The van der Waals surface area contributed by atoms with Crippen LogP contribution in [0.25, 0.3) is 0 Å². The van der Waals surface area contributed by atoms with E-state index in [9.17, 15) is 4.79 Å². The summed E-state index contributed by atoms with van der Waals surface area (Å²) in [6.45, 7) is 4.33. The van der Waals surface area contributed by atoms with Gasteiger partial charge in [0.1, 0.15) is 12.6 Å². The molecule has 4 heteroatoms. The molecule has 0 saturated carbocycles. The molecule has 1 aromatic rings. The zero-order chi connectivity index (χ0) is 14.1. The van der Waals surface area contributed by atoms with E-state index in [1.165, 1.54) is 12.8 Å².